The summed E-state index contributed by atoms with van der Waals surface area (Å²) in [7, 11) is 3.41. The number of nitrogens with zero attached hydrogens (tertiary/aromatic N) is 2. The molecule has 5 heteroatoms. The Morgan fingerprint density at radius 3 is 2.64 bits per heavy atom. The summed E-state index contributed by atoms with van der Waals surface area (Å²) in [5.41, 5.74) is 3.92. The van der Waals surface area contributed by atoms with Crippen molar-refractivity contribution in [1.29, 1.82) is 0 Å². The van der Waals surface area contributed by atoms with Crippen molar-refractivity contribution in [1.82, 2.24) is 9.80 Å². The average molecular weight is 439 g/mol. The molecular weight excluding hydrogens is 412 g/mol. The third kappa shape index (κ3) is 4.14. The topological polar surface area (TPSA) is 53.8 Å². The maximum absolute atomic E-state index is 13.2. The molecule has 5 rings (SSSR count). The highest BCUT2D eigenvalue weighted by atomic mass is 16.3. The molecule has 0 bridgehead atoms. The van der Waals surface area contributed by atoms with E-state index in [4.69, 9.17) is 4.42 Å². The molecule has 1 aliphatic rings. The van der Waals surface area contributed by atoms with E-state index in [1.807, 2.05) is 47.4 Å². The van der Waals surface area contributed by atoms with Crippen molar-refractivity contribution in [2.45, 2.75) is 12.8 Å². The second-order valence-electron chi connectivity index (χ2n) is 8.71. The molecule has 5 nitrogen and oxygen atoms in total. The van der Waals surface area contributed by atoms with Crippen LogP contribution in [0.25, 0.3) is 27.3 Å². The molecule has 0 atom stereocenters. The van der Waals surface area contributed by atoms with Crippen LogP contribution in [0.2, 0.25) is 0 Å². The number of hydrogen-bond acceptors (Lipinski definition) is 3. The van der Waals surface area contributed by atoms with E-state index in [2.05, 4.69) is 24.3 Å². The largest absolute Gasteiger partial charge is 0.451 e. The molecule has 0 fully saturated rings. The molecule has 0 saturated heterocycles. The third-order valence-electron chi connectivity index (χ3n) is 6.23. The summed E-state index contributed by atoms with van der Waals surface area (Å²) in [5.74, 6) is 0.312. The smallest absolute Gasteiger partial charge is 0.289 e. The first-order valence-corrected chi connectivity index (χ1v) is 11.2. The number of hydrogen-bond donors (Lipinski definition) is 0. The number of furan rings is 1. The maximum atomic E-state index is 13.2. The number of carbonyl (C=O) groups is 2. The molecule has 1 aromatic heterocycles. The van der Waals surface area contributed by atoms with Gasteiger partial charge in [0.05, 0.1) is 6.42 Å². The van der Waals surface area contributed by atoms with Crippen molar-refractivity contribution < 1.29 is 14.0 Å². The molecule has 2 amide bonds. The van der Waals surface area contributed by atoms with Crippen LogP contribution < -0.4 is 0 Å². The van der Waals surface area contributed by atoms with Gasteiger partial charge in [-0.3, -0.25) is 9.59 Å². The SMILES string of the molecule is CN(C)C(=O)c1cc2cc(C3=CCCN(C(=O)Cc4cccc5ccccc45)C3)ccc2o1. The fourth-order valence-corrected chi connectivity index (χ4v) is 4.46. The quantitative estimate of drug-likeness (QED) is 0.443. The van der Waals surface area contributed by atoms with Gasteiger partial charge in [-0.2, -0.15) is 0 Å². The fourth-order valence-electron chi connectivity index (χ4n) is 4.46. The lowest BCUT2D eigenvalue weighted by molar-refractivity contribution is -0.129. The Bertz CT molecular complexity index is 1390. The van der Waals surface area contributed by atoms with Crippen LogP contribution in [-0.4, -0.2) is 48.8 Å². The molecule has 0 radical (unpaired) electrons. The lowest BCUT2D eigenvalue weighted by Gasteiger charge is -2.28. The molecule has 0 aliphatic carbocycles. The summed E-state index contributed by atoms with van der Waals surface area (Å²) in [6.45, 7) is 1.30. The van der Waals surface area contributed by atoms with Gasteiger partial charge in [0.25, 0.3) is 5.91 Å². The average Bonchev–Trinajstić information content (AvgIpc) is 3.27. The second-order valence-corrected chi connectivity index (χ2v) is 8.71. The van der Waals surface area contributed by atoms with Gasteiger partial charge in [0.2, 0.25) is 5.91 Å². The predicted octanol–water partition coefficient (Wildman–Crippen LogP) is 5.15. The molecule has 33 heavy (non-hydrogen) atoms. The molecule has 0 N–H and O–H groups in total. The molecule has 0 saturated carbocycles. The minimum Gasteiger partial charge on any atom is -0.451 e. The first kappa shape index (κ1) is 21.0. The maximum Gasteiger partial charge on any atom is 0.289 e. The van der Waals surface area contributed by atoms with Crippen molar-refractivity contribution in [3.05, 3.63) is 89.7 Å². The van der Waals surface area contributed by atoms with Crippen molar-refractivity contribution in [3.63, 3.8) is 0 Å². The van der Waals surface area contributed by atoms with E-state index >= 15 is 0 Å². The Morgan fingerprint density at radius 2 is 1.79 bits per heavy atom. The third-order valence-corrected chi connectivity index (χ3v) is 6.23. The van der Waals surface area contributed by atoms with E-state index in [1.165, 1.54) is 4.90 Å². The highest BCUT2D eigenvalue weighted by molar-refractivity contribution is 5.96. The van der Waals surface area contributed by atoms with E-state index in [-0.39, 0.29) is 11.8 Å². The van der Waals surface area contributed by atoms with Crippen LogP contribution in [0.4, 0.5) is 0 Å². The van der Waals surface area contributed by atoms with Crippen LogP contribution in [0.1, 0.15) is 28.1 Å². The molecule has 166 valence electrons. The van der Waals surface area contributed by atoms with Crippen LogP contribution in [-0.2, 0) is 11.2 Å². The number of amides is 2. The van der Waals surface area contributed by atoms with E-state index in [1.54, 1.807) is 20.2 Å². The summed E-state index contributed by atoms with van der Waals surface area (Å²) >= 11 is 0. The van der Waals surface area contributed by atoms with Crippen molar-refractivity contribution in [2.24, 2.45) is 0 Å². The Morgan fingerprint density at radius 1 is 0.970 bits per heavy atom. The Labute approximate surface area is 192 Å². The van der Waals surface area contributed by atoms with Gasteiger partial charge >= 0.3 is 0 Å². The number of carbonyl (C=O) groups excluding carboxylic acids is 2. The Kier molecular flexibility index (Phi) is 5.47. The van der Waals surface area contributed by atoms with E-state index in [0.717, 1.165) is 45.8 Å². The van der Waals surface area contributed by atoms with Crippen LogP contribution in [0.5, 0.6) is 0 Å². The standard InChI is InChI=1S/C28H26N2O3/c1-29(2)28(32)26-16-23-15-20(12-13-25(23)33-26)22-10-6-14-30(18-22)27(31)17-21-9-5-8-19-7-3-4-11-24(19)21/h3-5,7-13,15-16H,6,14,17-18H2,1-2H3. The molecule has 2 heterocycles. The molecule has 1 aliphatic heterocycles. The van der Waals surface area contributed by atoms with E-state index < -0.39 is 0 Å². The van der Waals surface area contributed by atoms with E-state index in [0.29, 0.717) is 24.3 Å². The second kappa shape index (κ2) is 8.58. The van der Waals surface area contributed by atoms with Gasteiger partial charge in [0.1, 0.15) is 5.58 Å². The van der Waals surface area contributed by atoms with Gasteiger partial charge in [-0.05, 0) is 52.1 Å². The highest BCUT2D eigenvalue weighted by Gasteiger charge is 2.21. The first-order valence-electron chi connectivity index (χ1n) is 11.2. The first-order chi connectivity index (χ1) is 16.0. The summed E-state index contributed by atoms with van der Waals surface area (Å²) in [6.07, 6.45) is 3.42. The fraction of sp³-hybridized carbons (Fsp3) is 0.214. The van der Waals surface area contributed by atoms with Gasteiger partial charge in [0, 0.05) is 32.6 Å². The van der Waals surface area contributed by atoms with Crippen LogP contribution in [0.15, 0.2) is 77.2 Å². The summed E-state index contributed by atoms with van der Waals surface area (Å²) in [6, 6.07) is 22.0. The van der Waals surface area contributed by atoms with E-state index in [9.17, 15) is 9.59 Å². The summed E-state index contributed by atoms with van der Waals surface area (Å²) in [5, 5.41) is 3.18. The van der Waals surface area contributed by atoms with Gasteiger partial charge in [-0.15, -0.1) is 0 Å². The zero-order valence-electron chi connectivity index (χ0n) is 18.9. The van der Waals surface area contributed by atoms with Crippen LogP contribution >= 0.6 is 0 Å². The lowest BCUT2D eigenvalue weighted by Crippen LogP contribution is -2.36. The zero-order chi connectivity index (χ0) is 22.9. The molecule has 0 spiro atoms. The summed E-state index contributed by atoms with van der Waals surface area (Å²) < 4.78 is 5.72. The predicted molar refractivity (Wildman–Crippen MR) is 131 cm³/mol. The van der Waals surface area contributed by atoms with Crippen LogP contribution in [0, 0.1) is 0 Å². The van der Waals surface area contributed by atoms with Gasteiger partial charge < -0.3 is 14.2 Å². The number of benzene rings is 3. The number of fused-ring (bicyclic) bond motifs is 2. The Hall–Kier alpha value is -3.86. The number of rotatable bonds is 4. The van der Waals surface area contributed by atoms with Gasteiger partial charge in [-0.25, -0.2) is 0 Å². The normalized spacial score (nSPS) is 13.9. The zero-order valence-corrected chi connectivity index (χ0v) is 18.9. The Balaban J connectivity index is 1.35. The van der Waals surface area contributed by atoms with Gasteiger partial charge in [0.15, 0.2) is 5.76 Å². The van der Waals surface area contributed by atoms with Crippen molar-refractivity contribution >= 4 is 39.1 Å². The summed E-state index contributed by atoms with van der Waals surface area (Å²) in [4.78, 5) is 28.9. The molecule has 3 aromatic carbocycles. The minimum atomic E-state index is -0.158. The monoisotopic (exact) mass is 438 g/mol. The molecule has 0 unspecified atom stereocenters. The minimum absolute atomic E-state index is 0.139. The highest BCUT2D eigenvalue weighted by Crippen LogP contribution is 2.28. The lowest BCUT2D eigenvalue weighted by atomic mass is 9.98. The molecular formula is C28H26N2O3. The van der Waals surface area contributed by atoms with Crippen LogP contribution in [0.3, 0.4) is 0 Å². The van der Waals surface area contributed by atoms with Crippen molar-refractivity contribution in [2.75, 3.05) is 27.2 Å². The van der Waals surface area contributed by atoms with Crippen molar-refractivity contribution in [3.8, 4) is 0 Å². The van der Waals surface area contributed by atoms with Gasteiger partial charge in [-0.1, -0.05) is 54.6 Å². The molecule has 4 aromatic rings.